The summed E-state index contributed by atoms with van der Waals surface area (Å²) >= 11 is 0. The number of hydrogen-bond donors (Lipinski definition) is 1. The summed E-state index contributed by atoms with van der Waals surface area (Å²) in [4.78, 5) is 2.46. The van der Waals surface area contributed by atoms with Crippen LogP contribution in [0.3, 0.4) is 0 Å². The van der Waals surface area contributed by atoms with Crippen LogP contribution >= 0.6 is 0 Å². The van der Waals surface area contributed by atoms with Gasteiger partial charge in [0.25, 0.3) is 0 Å². The van der Waals surface area contributed by atoms with Gasteiger partial charge in [-0.1, -0.05) is 38.8 Å². The number of nitrogens with zero attached hydrogens (tertiary/aromatic N) is 1. The van der Waals surface area contributed by atoms with Crippen LogP contribution in [0.4, 0.5) is 5.69 Å². The Morgan fingerprint density at radius 3 is 2.28 bits per heavy atom. The molecule has 0 aromatic heterocycles. The van der Waals surface area contributed by atoms with Gasteiger partial charge in [0.2, 0.25) is 0 Å². The van der Waals surface area contributed by atoms with Crippen molar-refractivity contribution in [3.8, 4) is 0 Å². The average molecular weight is 248 g/mol. The van der Waals surface area contributed by atoms with E-state index in [0.29, 0.717) is 12.0 Å². The molecule has 0 spiro atoms. The highest BCUT2D eigenvalue weighted by Gasteiger charge is 2.23. The normalized spacial score (nSPS) is 12.8. The van der Waals surface area contributed by atoms with E-state index in [9.17, 15) is 0 Å². The van der Waals surface area contributed by atoms with Gasteiger partial charge >= 0.3 is 0 Å². The molecule has 1 unspecified atom stereocenters. The maximum atomic E-state index is 6.04. The molecular formula is C16H28N2. The van der Waals surface area contributed by atoms with E-state index in [1.54, 1.807) is 0 Å². The number of rotatable bonds is 7. The van der Waals surface area contributed by atoms with Gasteiger partial charge in [-0.3, -0.25) is 0 Å². The Labute approximate surface area is 112 Å². The van der Waals surface area contributed by atoms with Gasteiger partial charge in [-0.25, -0.2) is 0 Å². The van der Waals surface area contributed by atoms with Crippen LogP contribution in [0.1, 0.15) is 39.2 Å². The van der Waals surface area contributed by atoms with Crippen LogP contribution in [0, 0.1) is 12.8 Å². The maximum absolute atomic E-state index is 6.04. The molecule has 0 aliphatic heterocycles. The fourth-order valence-corrected chi connectivity index (χ4v) is 2.82. The average Bonchev–Trinajstić information content (AvgIpc) is 2.39. The van der Waals surface area contributed by atoms with E-state index >= 15 is 0 Å². The summed E-state index contributed by atoms with van der Waals surface area (Å²) in [6.07, 6.45) is 2.39. The molecule has 1 aromatic carbocycles. The first kappa shape index (κ1) is 15.0. The van der Waals surface area contributed by atoms with Gasteiger partial charge in [0.1, 0.15) is 0 Å². The third-order valence-corrected chi connectivity index (χ3v) is 3.91. The molecule has 1 rings (SSSR count). The van der Waals surface area contributed by atoms with Crippen LogP contribution in [0.2, 0.25) is 0 Å². The monoisotopic (exact) mass is 248 g/mol. The molecule has 1 atom stereocenters. The van der Waals surface area contributed by atoms with Crippen molar-refractivity contribution in [2.24, 2.45) is 11.7 Å². The molecule has 0 fully saturated rings. The summed E-state index contributed by atoms with van der Waals surface area (Å²) < 4.78 is 0. The molecule has 2 N–H and O–H groups in total. The lowest BCUT2D eigenvalue weighted by atomic mass is 9.92. The van der Waals surface area contributed by atoms with Gasteiger partial charge in [-0.2, -0.15) is 0 Å². The Kier molecular flexibility index (Phi) is 6.20. The zero-order valence-electron chi connectivity index (χ0n) is 12.3. The first-order valence-corrected chi connectivity index (χ1v) is 7.21. The van der Waals surface area contributed by atoms with Crippen molar-refractivity contribution in [1.29, 1.82) is 0 Å². The molecule has 0 heterocycles. The summed E-state index contributed by atoms with van der Waals surface area (Å²) in [5, 5.41) is 0. The highest BCUT2D eigenvalue weighted by molar-refractivity contribution is 5.49. The fourth-order valence-electron chi connectivity index (χ4n) is 2.82. The largest absolute Gasteiger partial charge is 0.367 e. The number of aryl methyl sites for hydroxylation is 1. The molecule has 2 heteroatoms. The lowest BCUT2D eigenvalue weighted by Gasteiger charge is -2.37. The van der Waals surface area contributed by atoms with Crippen molar-refractivity contribution in [3.63, 3.8) is 0 Å². The van der Waals surface area contributed by atoms with Gasteiger partial charge in [0.05, 0.1) is 0 Å². The smallest absolute Gasteiger partial charge is 0.0440 e. The number of hydrogen-bond acceptors (Lipinski definition) is 2. The molecule has 0 saturated heterocycles. The summed E-state index contributed by atoms with van der Waals surface area (Å²) in [5.41, 5.74) is 8.65. The van der Waals surface area contributed by atoms with Crippen LogP contribution in [0.15, 0.2) is 24.3 Å². The van der Waals surface area contributed by atoms with Crippen LogP contribution in [0.5, 0.6) is 0 Å². The van der Waals surface area contributed by atoms with Crippen molar-refractivity contribution in [1.82, 2.24) is 0 Å². The lowest BCUT2D eigenvalue weighted by molar-refractivity contribution is 0.380. The molecule has 0 saturated carbocycles. The van der Waals surface area contributed by atoms with Crippen molar-refractivity contribution >= 4 is 5.69 Å². The number of anilines is 1. The number of likely N-dealkylation sites (N-methyl/N-ethyl adjacent to an activating group) is 1. The minimum atomic E-state index is 0.451. The van der Waals surface area contributed by atoms with E-state index in [-0.39, 0.29) is 0 Å². The molecule has 0 bridgehead atoms. The van der Waals surface area contributed by atoms with E-state index in [2.05, 4.69) is 56.9 Å². The Bertz CT molecular complexity index is 345. The predicted molar refractivity (Wildman–Crippen MR) is 81.1 cm³/mol. The maximum Gasteiger partial charge on any atom is 0.0440 e. The van der Waals surface area contributed by atoms with E-state index in [1.165, 1.54) is 24.1 Å². The summed E-state index contributed by atoms with van der Waals surface area (Å²) in [5.74, 6) is 0.676. The lowest BCUT2D eigenvalue weighted by Crippen LogP contribution is -2.45. The zero-order valence-corrected chi connectivity index (χ0v) is 12.3. The van der Waals surface area contributed by atoms with Gasteiger partial charge in [0, 0.05) is 24.8 Å². The first-order valence-electron chi connectivity index (χ1n) is 7.21. The van der Waals surface area contributed by atoms with Gasteiger partial charge in [-0.05, 0) is 37.5 Å². The van der Waals surface area contributed by atoms with Crippen molar-refractivity contribution in [2.45, 2.75) is 46.6 Å². The zero-order chi connectivity index (χ0) is 13.5. The first-order chi connectivity index (χ1) is 8.67. The second-order valence-corrected chi connectivity index (χ2v) is 5.00. The van der Waals surface area contributed by atoms with Crippen LogP contribution in [-0.2, 0) is 0 Å². The molecule has 18 heavy (non-hydrogen) atoms. The van der Waals surface area contributed by atoms with E-state index < -0.39 is 0 Å². The van der Waals surface area contributed by atoms with Crippen LogP contribution < -0.4 is 10.6 Å². The van der Waals surface area contributed by atoms with Crippen LogP contribution in [-0.4, -0.2) is 19.1 Å². The molecular weight excluding hydrogens is 220 g/mol. The highest BCUT2D eigenvalue weighted by atomic mass is 15.2. The Morgan fingerprint density at radius 2 is 1.83 bits per heavy atom. The third kappa shape index (κ3) is 3.49. The molecule has 1 aromatic rings. The van der Waals surface area contributed by atoms with Gasteiger partial charge < -0.3 is 10.6 Å². The molecule has 0 aliphatic carbocycles. The summed E-state index contributed by atoms with van der Waals surface area (Å²) in [6, 6.07) is 9.18. The SMILES string of the molecule is CCC(CC)C(CN)N(CC)c1cccc(C)c1. The third-order valence-electron chi connectivity index (χ3n) is 3.91. The molecule has 102 valence electrons. The Morgan fingerprint density at radius 1 is 1.17 bits per heavy atom. The molecule has 0 amide bonds. The van der Waals surface area contributed by atoms with Crippen LogP contribution in [0.25, 0.3) is 0 Å². The van der Waals surface area contributed by atoms with Crippen molar-refractivity contribution < 1.29 is 0 Å². The molecule has 2 nitrogen and oxygen atoms in total. The highest BCUT2D eigenvalue weighted by Crippen LogP contribution is 2.24. The summed E-state index contributed by atoms with van der Waals surface area (Å²) in [6.45, 7) is 10.6. The van der Waals surface area contributed by atoms with E-state index in [1.807, 2.05) is 0 Å². The Balaban J connectivity index is 2.99. The van der Waals surface area contributed by atoms with E-state index in [4.69, 9.17) is 5.73 Å². The fraction of sp³-hybridized carbons (Fsp3) is 0.625. The minimum Gasteiger partial charge on any atom is -0.367 e. The van der Waals surface area contributed by atoms with E-state index in [0.717, 1.165) is 13.1 Å². The molecule has 0 radical (unpaired) electrons. The topological polar surface area (TPSA) is 29.3 Å². The van der Waals surface area contributed by atoms with Gasteiger partial charge in [0.15, 0.2) is 0 Å². The molecule has 0 aliphatic rings. The minimum absolute atomic E-state index is 0.451. The van der Waals surface area contributed by atoms with Gasteiger partial charge in [-0.15, -0.1) is 0 Å². The van der Waals surface area contributed by atoms with Crippen molar-refractivity contribution in [3.05, 3.63) is 29.8 Å². The summed E-state index contributed by atoms with van der Waals surface area (Å²) in [7, 11) is 0. The second-order valence-electron chi connectivity index (χ2n) is 5.00. The Hall–Kier alpha value is -1.02. The standard InChI is InChI=1S/C16H28N2/c1-5-14(6-2)16(12-17)18(7-3)15-10-8-9-13(4)11-15/h8-11,14,16H,5-7,12,17H2,1-4H3. The second kappa shape index (κ2) is 7.42. The van der Waals surface area contributed by atoms with Crippen molar-refractivity contribution in [2.75, 3.05) is 18.0 Å². The number of nitrogens with two attached hydrogens (primary N) is 1. The number of benzene rings is 1. The predicted octanol–water partition coefficient (Wildman–Crippen LogP) is 3.58. The quantitative estimate of drug-likeness (QED) is 0.799.